The fourth-order valence-corrected chi connectivity index (χ4v) is 3.25. The van der Waals surface area contributed by atoms with Crippen LogP contribution in [-0.4, -0.2) is 55.1 Å². The highest BCUT2D eigenvalue weighted by Crippen LogP contribution is 2.19. The highest BCUT2D eigenvalue weighted by molar-refractivity contribution is 5.94. The summed E-state index contributed by atoms with van der Waals surface area (Å²) in [5.41, 5.74) is 1.98. The van der Waals surface area contributed by atoms with Gasteiger partial charge in [-0.2, -0.15) is 0 Å². The molecule has 2 fully saturated rings. The Balaban J connectivity index is 1.62. The topological polar surface area (TPSA) is 32.8 Å². The number of rotatable bonds is 3. The maximum absolute atomic E-state index is 12.7. The van der Waals surface area contributed by atoms with Crippen molar-refractivity contribution >= 4 is 5.91 Å². The number of amides is 1. The summed E-state index contributed by atoms with van der Waals surface area (Å²) >= 11 is 0. The summed E-state index contributed by atoms with van der Waals surface area (Å²) < 4.78 is 5.38. The summed E-state index contributed by atoms with van der Waals surface area (Å²) in [6.45, 7) is 5.91. The van der Waals surface area contributed by atoms with E-state index in [1.165, 1.54) is 5.56 Å². The first-order valence-corrected chi connectivity index (χ1v) is 8.40. The predicted octanol–water partition coefficient (Wildman–Crippen LogP) is 2.00. The van der Waals surface area contributed by atoms with E-state index in [2.05, 4.69) is 16.9 Å². The first-order chi connectivity index (χ1) is 11.3. The summed E-state index contributed by atoms with van der Waals surface area (Å²) in [6, 6.07) is 8.03. The van der Waals surface area contributed by atoms with Crippen LogP contribution in [0.15, 0.2) is 24.3 Å². The Morgan fingerprint density at radius 2 is 1.96 bits per heavy atom. The number of hydrogen-bond donors (Lipinski definition) is 0. The molecule has 122 valence electrons. The molecule has 1 aromatic rings. The van der Waals surface area contributed by atoms with E-state index in [1.807, 2.05) is 23.1 Å². The predicted molar refractivity (Wildman–Crippen MR) is 90.0 cm³/mol. The number of benzene rings is 1. The highest BCUT2D eigenvalue weighted by atomic mass is 16.5. The van der Waals surface area contributed by atoms with Crippen molar-refractivity contribution in [2.45, 2.75) is 19.4 Å². The summed E-state index contributed by atoms with van der Waals surface area (Å²) in [4.78, 5) is 17.0. The van der Waals surface area contributed by atoms with Gasteiger partial charge < -0.3 is 9.64 Å². The number of piperidine rings is 1. The summed E-state index contributed by atoms with van der Waals surface area (Å²) in [5, 5.41) is 0. The lowest BCUT2D eigenvalue weighted by Crippen LogP contribution is -2.38. The molecule has 0 bridgehead atoms. The molecule has 0 unspecified atom stereocenters. The molecule has 2 aliphatic heterocycles. The minimum atomic E-state index is 0.129. The lowest BCUT2D eigenvalue weighted by atomic mass is 9.97. The van der Waals surface area contributed by atoms with Gasteiger partial charge in [-0.3, -0.25) is 9.69 Å². The van der Waals surface area contributed by atoms with Crippen LogP contribution in [0.2, 0.25) is 0 Å². The molecule has 0 N–H and O–H groups in total. The quantitative estimate of drug-likeness (QED) is 0.801. The van der Waals surface area contributed by atoms with Crippen LogP contribution in [0.3, 0.4) is 0 Å². The van der Waals surface area contributed by atoms with Gasteiger partial charge in [-0.25, -0.2) is 0 Å². The van der Waals surface area contributed by atoms with Crippen LogP contribution >= 0.6 is 0 Å². The number of terminal acetylenes is 1. The van der Waals surface area contributed by atoms with Crippen molar-refractivity contribution in [3.8, 4) is 12.3 Å². The third kappa shape index (κ3) is 4.13. The average Bonchev–Trinajstić information content (AvgIpc) is 2.62. The molecule has 23 heavy (non-hydrogen) atoms. The van der Waals surface area contributed by atoms with Crippen LogP contribution in [0.5, 0.6) is 0 Å². The van der Waals surface area contributed by atoms with E-state index in [-0.39, 0.29) is 5.91 Å². The smallest absolute Gasteiger partial charge is 0.253 e. The molecule has 1 aromatic carbocycles. The van der Waals surface area contributed by atoms with Crippen molar-refractivity contribution in [1.29, 1.82) is 0 Å². The monoisotopic (exact) mass is 312 g/mol. The van der Waals surface area contributed by atoms with Gasteiger partial charge in [-0.15, -0.1) is 12.3 Å². The average molecular weight is 312 g/mol. The Bertz CT molecular complexity index is 579. The summed E-state index contributed by atoms with van der Waals surface area (Å²) in [7, 11) is 0. The second-order valence-electron chi connectivity index (χ2n) is 6.32. The van der Waals surface area contributed by atoms with Gasteiger partial charge >= 0.3 is 0 Å². The van der Waals surface area contributed by atoms with Crippen LogP contribution in [-0.2, 0) is 11.3 Å². The van der Waals surface area contributed by atoms with Crippen molar-refractivity contribution < 1.29 is 9.53 Å². The van der Waals surface area contributed by atoms with Gasteiger partial charge in [0.1, 0.15) is 0 Å². The van der Waals surface area contributed by atoms with E-state index in [0.717, 1.165) is 64.3 Å². The molecule has 2 heterocycles. The number of carbonyl (C=O) groups excluding carboxylic acids is 1. The fourth-order valence-electron chi connectivity index (χ4n) is 3.25. The van der Waals surface area contributed by atoms with Crippen molar-refractivity contribution in [1.82, 2.24) is 9.80 Å². The lowest BCUT2D eigenvalue weighted by Gasteiger charge is -2.30. The third-order valence-corrected chi connectivity index (χ3v) is 4.70. The highest BCUT2D eigenvalue weighted by Gasteiger charge is 2.22. The maximum Gasteiger partial charge on any atom is 0.253 e. The Kier molecular flexibility index (Phi) is 5.32. The van der Waals surface area contributed by atoms with Crippen molar-refractivity contribution in [3.05, 3.63) is 35.4 Å². The number of carbonyl (C=O) groups is 1. The molecule has 4 heteroatoms. The van der Waals surface area contributed by atoms with Gasteiger partial charge in [0, 0.05) is 44.2 Å². The Labute approximate surface area is 138 Å². The van der Waals surface area contributed by atoms with Gasteiger partial charge in [0.2, 0.25) is 0 Å². The summed E-state index contributed by atoms with van der Waals surface area (Å²) in [5.74, 6) is 3.26. The zero-order valence-corrected chi connectivity index (χ0v) is 13.5. The SMILES string of the molecule is C#CC1CCN(C(=O)c2cccc(CN3CCOCC3)c2)CC1. The molecule has 0 saturated carbocycles. The molecular formula is C19H24N2O2. The largest absolute Gasteiger partial charge is 0.379 e. The van der Waals surface area contributed by atoms with E-state index in [4.69, 9.17) is 11.2 Å². The molecule has 0 aliphatic carbocycles. The van der Waals surface area contributed by atoms with E-state index < -0.39 is 0 Å². The zero-order chi connectivity index (χ0) is 16.1. The van der Waals surface area contributed by atoms with E-state index in [0.29, 0.717) is 5.92 Å². The second-order valence-corrected chi connectivity index (χ2v) is 6.32. The molecule has 3 rings (SSSR count). The van der Waals surface area contributed by atoms with Crippen LogP contribution in [0.25, 0.3) is 0 Å². The standard InChI is InChI=1S/C19H24N2O2/c1-2-16-6-8-21(9-7-16)19(22)18-5-3-4-17(14-18)15-20-10-12-23-13-11-20/h1,3-5,14,16H,6-13,15H2. The Morgan fingerprint density at radius 3 is 2.65 bits per heavy atom. The van der Waals surface area contributed by atoms with Crippen LogP contribution in [0.1, 0.15) is 28.8 Å². The fraction of sp³-hybridized carbons (Fsp3) is 0.526. The molecular weight excluding hydrogens is 288 g/mol. The van der Waals surface area contributed by atoms with Crippen LogP contribution in [0, 0.1) is 18.3 Å². The van der Waals surface area contributed by atoms with Gasteiger partial charge in [0.25, 0.3) is 5.91 Å². The molecule has 0 aromatic heterocycles. The molecule has 2 saturated heterocycles. The number of ether oxygens (including phenoxy) is 1. The minimum absolute atomic E-state index is 0.129. The van der Waals surface area contributed by atoms with Gasteiger partial charge in [-0.1, -0.05) is 12.1 Å². The number of morpholine rings is 1. The van der Waals surface area contributed by atoms with E-state index in [9.17, 15) is 4.79 Å². The summed E-state index contributed by atoms with van der Waals surface area (Å²) in [6.07, 6.45) is 7.30. The minimum Gasteiger partial charge on any atom is -0.379 e. The van der Waals surface area contributed by atoms with Gasteiger partial charge in [0.15, 0.2) is 0 Å². The van der Waals surface area contributed by atoms with Gasteiger partial charge in [-0.05, 0) is 30.5 Å². The van der Waals surface area contributed by atoms with Crippen molar-refractivity contribution in [2.75, 3.05) is 39.4 Å². The Hall–Kier alpha value is -1.83. The third-order valence-electron chi connectivity index (χ3n) is 4.70. The number of likely N-dealkylation sites (tertiary alicyclic amines) is 1. The maximum atomic E-state index is 12.7. The normalized spacial score (nSPS) is 20.2. The molecule has 2 aliphatic rings. The number of hydrogen-bond acceptors (Lipinski definition) is 3. The second kappa shape index (κ2) is 7.63. The number of nitrogens with zero attached hydrogens (tertiary/aromatic N) is 2. The lowest BCUT2D eigenvalue weighted by molar-refractivity contribution is 0.0341. The first-order valence-electron chi connectivity index (χ1n) is 8.40. The van der Waals surface area contributed by atoms with E-state index >= 15 is 0 Å². The zero-order valence-electron chi connectivity index (χ0n) is 13.5. The Morgan fingerprint density at radius 1 is 1.22 bits per heavy atom. The molecule has 4 nitrogen and oxygen atoms in total. The molecule has 0 radical (unpaired) electrons. The van der Waals surface area contributed by atoms with E-state index in [1.54, 1.807) is 0 Å². The molecule has 0 atom stereocenters. The van der Waals surface area contributed by atoms with Gasteiger partial charge in [0.05, 0.1) is 13.2 Å². The van der Waals surface area contributed by atoms with Crippen LogP contribution in [0.4, 0.5) is 0 Å². The first kappa shape index (κ1) is 16.0. The van der Waals surface area contributed by atoms with Crippen LogP contribution < -0.4 is 0 Å². The molecule has 1 amide bonds. The van der Waals surface area contributed by atoms with Crippen molar-refractivity contribution in [3.63, 3.8) is 0 Å². The van der Waals surface area contributed by atoms with Crippen molar-refractivity contribution in [2.24, 2.45) is 5.92 Å². The molecule has 0 spiro atoms.